The molecule has 4 rings (SSSR count). The normalized spacial score (nSPS) is 15.1. The molecule has 0 saturated heterocycles. The van der Waals surface area contributed by atoms with Crippen molar-refractivity contribution in [3.05, 3.63) is 101 Å². The van der Waals surface area contributed by atoms with E-state index in [2.05, 4.69) is 10.6 Å². The van der Waals surface area contributed by atoms with E-state index in [-0.39, 0.29) is 25.3 Å². The van der Waals surface area contributed by atoms with Crippen molar-refractivity contribution in [1.29, 1.82) is 0 Å². The van der Waals surface area contributed by atoms with Gasteiger partial charge in [-0.05, 0) is 17.7 Å². The van der Waals surface area contributed by atoms with Crippen LogP contribution in [-0.2, 0) is 0 Å². The molecule has 3 aromatic carbocycles. The summed E-state index contributed by atoms with van der Waals surface area (Å²) < 4.78 is 0. The number of carbonyl (C=O) groups is 2. The summed E-state index contributed by atoms with van der Waals surface area (Å²) in [5, 5.41) is 6.24. The molecule has 0 spiro atoms. The van der Waals surface area contributed by atoms with Gasteiger partial charge in [0.25, 0.3) is 5.91 Å². The van der Waals surface area contributed by atoms with E-state index in [4.69, 9.17) is 0 Å². The number of para-hydroxylation sites is 1. The highest BCUT2D eigenvalue weighted by Gasteiger charge is 2.24. The smallest absolute Gasteiger partial charge is 0.255 e. The van der Waals surface area contributed by atoms with Gasteiger partial charge in [0.15, 0.2) is 5.78 Å². The Balaban J connectivity index is 0.00000196. The summed E-state index contributed by atoms with van der Waals surface area (Å²) in [5.41, 5.74) is 3.62. The first-order chi connectivity index (χ1) is 12.2. The minimum Gasteiger partial charge on any atom is -0.361 e. The topological polar surface area (TPSA) is 58.2 Å². The van der Waals surface area contributed by atoms with Crippen LogP contribution in [0.1, 0.15) is 45.4 Å². The molecule has 1 aliphatic rings. The zero-order valence-electron chi connectivity index (χ0n) is 13.4. The SMILES string of the molecule is C.O=C(c1ccccc1)c1ccc(C2NC(=O)c3ccccc3N2)cc1. The van der Waals surface area contributed by atoms with E-state index >= 15 is 0 Å². The van der Waals surface area contributed by atoms with Crippen molar-refractivity contribution in [2.75, 3.05) is 5.32 Å². The fraction of sp³-hybridized carbons (Fsp3) is 0.0909. The molecule has 2 N–H and O–H groups in total. The number of carbonyl (C=O) groups excluding carboxylic acids is 2. The Labute approximate surface area is 152 Å². The Morgan fingerprint density at radius 2 is 1.35 bits per heavy atom. The van der Waals surface area contributed by atoms with E-state index in [1.165, 1.54) is 0 Å². The van der Waals surface area contributed by atoms with Crippen LogP contribution in [0.15, 0.2) is 78.9 Å². The summed E-state index contributed by atoms with van der Waals surface area (Å²) in [6.07, 6.45) is -0.316. The van der Waals surface area contributed by atoms with Crippen LogP contribution in [0.2, 0.25) is 0 Å². The monoisotopic (exact) mass is 344 g/mol. The Morgan fingerprint density at radius 3 is 2.08 bits per heavy atom. The van der Waals surface area contributed by atoms with E-state index < -0.39 is 0 Å². The van der Waals surface area contributed by atoms with Crippen LogP contribution >= 0.6 is 0 Å². The molecule has 0 bridgehead atoms. The molecule has 1 unspecified atom stereocenters. The lowest BCUT2D eigenvalue weighted by Gasteiger charge is -2.28. The van der Waals surface area contributed by atoms with Gasteiger partial charge in [-0.3, -0.25) is 9.59 Å². The summed E-state index contributed by atoms with van der Waals surface area (Å²) in [7, 11) is 0. The van der Waals surface area contributed by atoms with Crippen LogP contribution in [-0.4, -0.2) is 11.7 Å². The van der Waals surface area contributed by atoms with E-state index in [1.54, 1.807) is 30.3 Å². The third-order valence-corrected chi connectivity index (χ3v) is 4.29. The first-order valence-electron chi connectivity index (χ1n) is 8.08. The second kappa shape index (κ2) is 7.23. The number of nitrogens with one attached hydrogen (secondary N) is 2. The van der Waals surface area contributed by atoms with Crippen molar-refractivity contribution in [3.63, 3.8) is 0 Å². The molecule has 0 aromatic heterocycles. The Hall–Kier alpha value is -3.40. The van der Waals surface area contributed by atoms with Crippen LogP contribution in [0.3, 0.4) is 0 Å². The van der Waals surface area contributed by atoms with Crippen LogP contribution < -0.4 is 10.6 Å². The van der Waals surface area contributed by atoms with Crippen molar-refractivity contribution in [2.24, 2.45) is 0 Å². The molecule has 1 amide bonds. The zero-order chi connectivity index (χ0) is 17.2. The number of rotatable bonds is 3. The van der Waals surface area contributed by atoms with Gasteiger partial charge in [-0.25, -0.2) is 0 Å². The lowest BCUT2D eigenvalue weighted by molar-refractivity contribution is 0.0935. The van der Waals surface area contributed by atoms with Gasteiger partial charge in [0, 0.05) is 16.8 Å². The van der Waals surface area contributed by atoms with Gasteiger partial charge in [-0.1, -0.05) is 74.2 Å². The highest BCUT2D eigenvalue weighted by Crippen LogP contribution is 2.26. The predicted octanol–water partition coefficient (Wildman–Crippen LogP) is 4.41. The maximum Gasteiger partial charge on any atom is 0.255 e. The standard InChI is InChI=1S/C21H16N2O2.CH4/c24-19(14-6-2-1-3-7-14)15-10-12-16(13-11-15)20-22-18-9-5-4-8-17(18)21(25)23-20;/h1-13,20,22H,(H,23,25);1H4. The summed E-state index contributed by atoms with van der Waals surface area (Å²) in [6, 6.07) is 23.9. The van der Waals surface area contributed by atoms with Crippen LogP contribution in [0.4, 0.5) is 5.69 Å². The van der Waals surface area contributed by atoms with E-state index in [0.717, 1.165) is 11.3 Å². The van der Waals surface area contributed by atoms with E-state index in [1.807, 2.05) is 48.5 Å². The number of benzene rings is 3. The molecule has 1 heterocycles. The lowest BCUT2D eigenvalue weighted by Crippen LogP contribution is -2.38. The maximum atomic E-state index is 12.5. The molecule has 4 nitrogen and oxygen atoms in total. The molecule has 0 fully saturated rings. The maximum absolute atomic E-state index is 12.5. The third kappa shape index (κ3) is 3.22. The van der Waals surface area contributed by atoms with Gasteiger partial charge in [0.2, 0.25) is 0 Å². The molecule has 1 aliphatic heterocycles. The first kappa shape index (κ1) is 17.4. The minimum absolute atomic E-state index is 0. The molecule has 0 radical (unpaired) electrons. The van der Waals surface area contributed by atoms with Crippen molar-refractivity contribution in [2.45, 2.75) is 13.6 Å². The van der Waals surface area contributed by atoms with Crippen LogP contribution in [0.5, 0.6) is 0 Å². The molecule has 0 aliphatic carbocycles. The zero-order valence-corrected chi connectivity index (χ0v) is 13.4. The minimum atomic E-state index is -0.316. The Morgan fingerprint density at radius 1 is 0.731 bits per heavy atom. The second-order valence-corrected chi connectivity index (χ2v) is 5.91. The van der Waals surface area contributed by atoms with Gasteiger partial charge in [-0.15, -0.1) is 0 Å². The number of anilines is 1. The quantitative estimate of drug-likeness (QED) is 0.692. The molecule has 130 valence electrons. The molecular formula is C22H20N2O2. The number of hydrogen-bond donors (Lipinski definition) is 2. The highest BCUT2D eigenvalue weighted by atomic mass is 16.2. The fourth-order valence-corrected chi connectivity index (χ4v) is 2.96. The van der Waals surface area contributed by atoms with Crippen LogP contribution in [0.25, 0.3) is 0 Å². The average molecular weight is 344 g/mol. The number of fused-ring (bicyclic) bond motifs is 1. The van der Waals surface area contributed by atoms with Gasteiger partial charge < -0.3 is 10.6 Å². The number of hydrogen-bond acceptors (Lipinski definition) is 3. The van der Waals surface area contributed by atoms with Gasteiger partial charge in [0.05, 0.1) is 5.56 Å². The second-order valence-electron chi connectivity index (χ2n) is 5.91. The highest BCUT2D eigenvalue weighted by molar-refractivity contribution is 6.09. The van der Waals surface area contributed by atoms with Gasteiger partial charge >= 0.3 is 0 Å². The molecule has 4 heteroatoms. The van der Waals surface area contributed by atoms with Crippen molar-refractivity contribution >= 4 is 17.4 Å². The van der Waals surface area contributed by atoms with Gasteiger partial charge in [-0.2, -0.15) is 0 Å². The summed E-state index contributed by atoms with van der Waals surface area (Å²) >= 11 is 0. The first-order valence-corrected chi connectivity index (χ1v) is 8.08. The molecular weight excluding hydrogens is 324 g/mol. The average Bonchev–Trinajstić information content (AvgIpc) is 2.68. The summed E-state index contributed by atoms with van der Waals surface area (Å²) in [6.45, 7) is 0. The van der Waals surface area contributed by atoms with Gasteiger partial charge in [0.1, 0.15) is 6.17 Å². The number of ketones is 1. The molecule has 3 aromatic rings. The molecule has 26 heavy (non-hydrogen) atoms. The molecule has 1 atom stereocenters. The van der Waals surface area contributed by atoms with Crippen molar-refractivity contribution < 1.29 is 9.59 Å². The third-order valence-electron chi connectivity index (χ3n) is 4.29. The summed E-state index contributed by atoms with van der Waals surface area (Å²) in [4.78, 5) is 24.7. The Kier molecular flexibility index (Phi) is 4.85. The molecule has 0 saturated carbocycles. The lowest BCUT2D eigenvalue weighted by atomic mass is 10.0. The fourth-order valence-electron chi connectivity index (χ4n) is 2.96. The largest absolute Gasteiger partial charge is 0.361 e. The predicted molar refractivity (Wildman–Crippen MR) is 103 cm³/mol. The van der Waals surface area contributed by atoms with Crippen molar-refractivity contribution in [1.82, 2.24) is 5.32 Å². The van der Waals surface area contributed by atoms with Crippen molar-refractivity contribution in [3.8, 4) is 0 Å². The van der Waals surface area contributed by atoms with Crippen LogP contribution in [0, 0.1) is 0 Å². The number of amides is 1. The Bertz CT molecular complexity index is 934. The van der Waals surface area contributed by atoms with E-state index in [9.17, 15) is 9.59 Å². The summed E-state index contributed by atoms with van der Waals surface area (Å²) in [5.74, 6) is -0.123. The van der Waals surface area contributed by atoms with E-state index in [0.29, 0.717) is 16.7 Å².